The molecule has 0 radical (unpaired) electrons. The molecule has 0 fully saturated rings. The highest BCUT2D eigenvalue weighted by atomic mass is 79.9. The van der Waals surface area contributed by atoms with Crippen LogP contribution in [0.15, 0.2) is 33.5 Å². The van der Waals surface area contributed by atoms with Crippen LogP contribution in [0, 0.1) is 0 Å². The molecule has 20 heavy (non-hydrogen) atoms. The minimum absolute atomic E-state index is 0.199. The fraction of sp³-hybridized carbons (Fsp3) is 0.286. The van der Waals surface area contributed by atoms with E-state index in [1.54, 1.807) is 30.0 Å². The van der Waals surface area contributed by atoms with E-state index in [1.807, 2.05) is 6.07 Å². The first-order valence-electron chi connectivity index (χ1n) is 6.17. The van der Waals surface area contributed by atoms with Crippen LogP contribution in [0.3, 0.4) is 0 Å². The zero-order chi connectivity index (χ0) is 14.7. The monoisotopic (exact) mass is 354 g/mol. The Bertz CT molecular complexity index is 670. The number of hydrogen-bond acceptors (Lipinski definition) is 4. The summed E-state index contributed by atoms with van der Waals surface area (Å²) in [6, 6.07) is 7.20. The van der Waals surface area contributed by atoms with Crippen molar-refractivity contribution in [3.05, 3.63) is 44.9 Å². The van der Waals surface area contributed by atoms with Gasteiger partial charge in [0, 0.05) is 4.47 Å². The van der Waals surface area contributed by atoms with Gasteiger partial charge in [0.2, 0.25) is 5.88 Å². The quantitative estimate of drug-likeness (QED) is 0.880. The van der Waals surface area contributed by atoms with E-state index < -0.39 is 0 Å². The molecule has 106 valence electrons. The molecule has 1 aromatic heterocycles. The van der Waals surface area contributed by atoms with Gasteiger partial charge in [0.05, 0.1) is 5.75 Å². The van der Waals surface area contributed by atoms with Crippen molar-refractivity contribution in [2.24, 2.45) is 0 Å². The predicted octanol–water partition coefficient (Wildman–Crippen LogP) is 3.55. The van der Waals surface area contributed by atoms with Crippen LogP contribution in [0.5, 0.6) is 5.88 Å². The fourth-order valence-corrected chi connectivity index (χ4v) is 2.75. The number of rotatable bonds is 4. The second kappa shape index (κ2) is 6.45. The molecule has 0 aliphatic rings. The Labute approximate surface area is 129 Å². The van der Waals surface area contributed by atoms with Gasteiger partial charge in [0.25, 0.3) is 5.56 Å². The average molecular weight is 355 g/mol. The van der Waals surface area contributed by atoms with Crippen molar-refractivity contribution in [3.8, 4) is 17.0 Å². The third-order valence-electron chi connectivity index (χ3n) is 2.62. The van der Waals surface area contributed by atoms with Crippen LogP contribution in [0.2, 0.25) is 0 Å². The van der Waals surface area contributed by atoms with Crippen LogP contribution in [0.25, 0.3) is 11.1 Å². The molecular weight excluding hydrogens is 340 g/mol. The van der Waals surface area contributed by atoms with Gasteiger partial charge in [-0.15, -0.1) is 0 Å². The van der Waals surface area contributed by atoms with Crippen LogP contribution >= 0.6 is 27.7 Å². The molecule has 0 amide bonds. The maximum absolute atomic E-state index is 12.1. The number of hydrogen-bond donors (Lipinski definition) is 2. The second-order valence-corrected chi connectivity index (χ2v) is 7.06. The number of H-pyrrole nitrogens is 1. The van der Waals surface area contributed by atoms with Gasteiger partial charge in [-0.05, 0) is 22.9 Å². The third-order valence-corrected chi connectivity index (χ3v) is 4.22. The molecule has 0 unspecified atom stereocenters. The van der Waals surface area contributed by atoms with Crippen molar-refractivity contribution in [1.82, 2.24) is 9.97 Å². The van der Waals surface area contributed by atoms with Gasteiger partial charge >= 0.3 is 0 Å². The largest absolute Gasteiger partial charge is 0.493 e. The maximum atomic E-state index is 12.1. The number of aromatic amines is 1. The molecule has 0 saturated heterocycles. The molecule has 6 heteroatoms. The minimum Gasteiger partial charge on any atom is -0.493 e. The summed E-state index contributed by atoms with van der Waals surface area (Å²) in [5.41, 5.74) is 0.508. The van der Waals surface area contributed by atoms with E-state index in [4.69, 9.17) is 0 Å². The molecule has 0 atom stereocenters. The second-order valence-electron chi connectivity index (χ2n) is 4.58. The molecule has 0 aliphatic heterocycles. The molecule has 0 aliphatic carbocycles. The van der Waals surface area contributed by atoms with Gasteiger partial charge in [-0.3, -0.25) is 4.79 Å². The Balaban J connectivity index is 2.39. The minimum atomic E-state index is -0.324. The van der Waals surface area contributed by atoms with Crippen molar-refractivity contribution < 1.29 is 5.11 Å². The standard InChI is InChI=1S/C14H15BrN2O2S/c1-8(2)20-7-11-16-13(18)12(14(19)17-11)9-4-3-5-10(15)6-9/h3-6,8H,7H2,1-2H3,(H2,16,17,18,19). The van der Waals surface area contributed by atoms with Crippen molar-refractivity contribution in [1.29, 1.82) is 0 Å². The number of aromatic hydroxyl groups is 1. The molecule has 1 aromatic carbocycles. The van der Waals surface area contributed by atoms with Crippen LogP contribution in [-0.4, -0.2) is 20.3 Å². The molecule has 2 rings (SSSR count). The van der Waals surface area contributed by atoms with E-state index >= 15 is 0 Å². The molecule has 1 heterocycles. The number of thioether (sulfide) groups is 1. The smallest absolute Gasteiger partial charge is 0.262 e. The summed E-state index contributed by atoms with van der Waals surface area (Å²) in [5, 5.41) is 10.5. The SMILES string of the molecule is CC(C)SCc1nc(O)c(-c2cccc(Br)c2)c(=O)[nH]1. The lowest BCUT2D eigenvalue weighted by Crippen LogP contribution is -2.14. The van der Waals surface area contributed by atoms with E-state index in [-0.39, 0.29) is 17.0 Å². The van der Waals surface area contributed by atoms with E-state index in [2.05, 4.69) is 39.7 Å². The summed E-state index contributed by atoms with van der Waals surface area (Å²) in [7, 11) is 0. The Morgan fingerprint density at radius 3 is 2.80 bits per heavy atom. The topological polar surface area (TPSA) is 66.0 Å². The zero-order valence-electron chi connectivity index (χ0n) is 11.2. The van der Waals surface area contributed by atoms with E-state index in [9.17, 15) is 9.90 Å². The number of benzene rings is 1. The van der Waals surface area contributed by atoms with Crippen LogP contribution < -0.4 is 5.56 Å². The van der Waals surface area contributed by atoms with E-state index in [0.717, 1.165) is 4.47 Å². The number of aromatic nitrogens is 2. The van der Waals surface area contributed by atoms with Gasteiger partial charge < -0.3 is 10.1 Å². The number of halogens is 1. The van der Waals surface area contributed by atoms with Gasteiger partial charge in [-0.25, -0.2) is 0 Å². The summed E-state index contributed by atoms with van der Waals surface area (Å²) in [4.78, 5) is 18.9. The highest BCUT2D eigenvalue weighted by Gasteiger charge is 2.13. The van der Waals surface area contributed by atoms with Gasteiger partial charge in [-0.2, -0.15) is 16.7 Å². The summed E-state index contributed by atoms with van der Waals surface area (Å²) >= 11 is 5.00. The van der Waals surface area contributed by atoms with Crippen LogP contribution in [-0.2, 0) is 5.75 Å². The molecule has 2 N–H and O–H groups in total. The summed E-state index contributed by atoms with van der Waals surface area (Å²) < 4.78 is 0.841. The first-order valence-corrected chi connectivity index (χ1v) is 8.01. The molecule has 0 bridgehead atoms. The lowest BCUT2D eigenvalue weighted by atomic mass is 10.1. The fourth-order valence-electron chi connectivity index (χ4n) is 1.72. The Kier molecular flexibility index (Phi) is 4.88. The lowest BCUT2D eigenvalue weighted by molar-refractivity contribution is 0.451. The first kappa shape index (κ1) is 15.1. The van der Waals surface area contributed by atoms with Crippen molar-refractivity contribution >= 4 is 27.7 Å². The maximum Gasteiger partial charge on any atom is 0.262 e. The predicted molar refractivity (Wildman–Crippen MR) is 86.1 cm³/mol. The van der Waals surface area contributed by atoms with Crippen molar-refractivity contribution in [2.45, 2.75) is 24.9 Å². The van der Waals surface area contributed by atoms with E-state index in [1.165, 1.54) is 0 Å². The highest BCUT2D eigenvalue weighted by Crippen LogP contribution is 2.26. The van der Waals surface area contributed by atoms with Gasteiger partial charge in [0.15, 0.2) is 0 Å². The summed E-state index contributed by atoms with van der Waals surface area (Å²) in [6.45, 7) is 4.14. The molecule has 2 aromatic rings. The summed E-state index contributed by atoms with van der Waals surface area (Å²) in [6.07, 6.45) is 0. The number of nitrogens with zero attached hydrogens (tertiary/aromatic N) is 1. The van der Waals surface area contributed by atoms with Crippen LogP contribution in [0.1, 0.15) is 19.7 Å². The Hall–Kier alpha value is -1.27. The van der Waals surface area contributed by atoms with Crippen LogP contribution in [0.4, 0.5) is 0 Å². The van der Waals surface area contributed by atoms with Gasteiger partial charge in [0.1, 0.15) is 11.4 Å². The van der Waals surface area contributed by atoms with Crippen molar-refractivity contribution in [2.75, 3.05) is 0 Å². The van der Waals surface area contributed by atoms with E-state index in [0.29, 0.717) is 22.4 Å². The molecule has 4 nitrogen and oxygen atoms in total. The molecule has 0 saturated carbocycles. The number of nitrogens with one attached hydrogen (secondary N) is 1. The zero-order valence-corrected chi connectivity index (χ0v) is 13.6. The Morgan fingerprint density at radius 1 is 1.45 bits per heavy atom. The third kappa shape index (κ3) is 3.64. The average Bonchev–Trinajstić information content (AvgIpc) is 2.35. The highest BCUT2D eigenvalue weighted by molar-refractivity contribution is 9.10. The first-order chi connectivity index (χ1) is 9.47. The lowest BCUT2D eigenvalue weighted by Gasteiger charge is -2.07. The summed E-state index contributed by atoms with van der Waals surface area (Å²) in [5.74, 6) is 0.829. The molecule has 0 spiro atoms. The molecular formula is C14H15BrN2O2S. The van der Waals surface area contributed by atoms with Crippen molar-refractivity contribution in [3.63, 3.8) is 0 Å². The van der Waals surface area contributed by atoms with Gasteiger partial charge in [-0.1, -0.05) is 41.9 Å². The normalized spacial score (nSPS) is 11.0. The Morgan fingerprint density at radius 2 is 2.20 bits per heavy atom.